The molecule has 0 aliphatic carbocycles. The molecule has 0 spiro atoms. The summed E-state index contributed by atoms with van der Waals surface area (Å²) in [6, 6.07) is 21.0. The first-order chi connectivity index (χ1) is 16.6. The molecule has 34 heavy (non-hydrogen) atoms. The molecule has 172 valence electrons. The van der Waals surface area contributed by atoms with E-state index in [4.69, 9.17) is 0 Å². The fourth-order valence-electron chi connectivity index (χ4n) is 3.78. The van der Waals surface area contributed by atoms with Crippen molar-refractivity contribution in [3.63, 3.8) is 0 Å². The lowest BCUT2D eigenvalue weighted by Gasteiger charge is -2.09. The number of hydrogen-bond acceptors (Lipinski definition) is 5. The fraction of sp³-hybridized carbons (Fsp3) is 0.192. The normalized spacial score (nSPS) is 10.7. The maximum atomic E-state index is 11.4. The first-order valence-corrected chi connectivity index (χ1v) is 11.2. The lowest BCUT2D eigenvalue weighted by atomic mass is 10.0. The standard InChI is InChI=1S/C24H20N6O2.C2H6/c1-16-12-17(10-11-18(16)13-29-15-25-21-8-4-5-9-22(21)29)23-26-28-30(27-23)14-19-6-2-3-7-20(19)24(31)32;1-2/h2-12,15H,13-14H2,1H3,(H,31,32);1-2H3. The van der Waals surface area contributed by atoms with Crippen molar-refractivity contribution >= 4 is 17.0 Å². The SMILES string of the molecule is CC.Cc1cc(-c2nnn(Cc3ccccc3C(=O)O)n2)ccc1Cn1cnc2ccccc21. The van der Waals surface area contributed by atoms with E-state index in [1.165, 1.54) is 10.4 Å². The predicted octanol–water partition coefficient (Wildman–Crippen LogP) is 4.82. The summed E-state index contributed by atoms with van der Waals surface area (Å²) in [5, 5.41) is 22.1. The highest BCUT2D eigenvalue weighted by Gasteiger charge is 2.13. The van der Waals surface area contributed by atoms with Gasteiger partial charge in [0.15, 0.2) is 0 Å². The van der Waals surface area contributed by atoms with Gasteiger partial charge < -0.3 is 9.67 Å². The van der Waals surface area contributed by atoms with E-state index < -0.39 is 5.97 Å². The van der Waals surface area contributed by atoms with Crippen LogP contribution in [0.2, 0.25) is 0 Å². The molecule has 0 radical (unpaired) electrons. The van der Waals surface area contributed by atoms with Gasteiger partial charge in [0.05, 0.1) is 29.5 Å². The smallest absolute Gasteiger partial charge is 0.336 e. The minimum Gasteiger partial charge on any atom is -0.478 e. The molecular formula is C26H26N6O2. The number of rotatable bonds is 6. The fourth-order valence-corrected chi connectivity index (χ4v) is 3.78. The van der Waals surface area contributed by atoms with Gasteiger partial charge in [0, 0.05) is 12.1 Å². The minimum absolute atomic E-state index is 0.235. The van der Waals surface area contributed by atoms with E-state index in [-0.39, 0.29) is 12.1 Å². The summed E-state index contributed by atoms with van der Waals surface area (Å²) in [7, 11) is 0. The van der Waals surface area contributed by atoms with Gasteiger partial charge in [-0.3, -0.25) is 0 Å². The topological polar surface area (TPSA) is 98.7 Å². The number of para-hydroxylation sites is 2. The molecule has 8 nitrogen and oxygen atoms in total. The Bertz CT molecular complexity index is 1440. The van der Waals surface area contributed by atoms with E-state index in [1.807, 2.05) is 50.5 Å². The van der Waals surface area contributed by atoms with Crippen molar-refractivity contribution in [3.8, 4) is 11.4 Å². The lowest BCUT2D eigenvalue weighted by molar-refractivity contribution is 0.0695. The van der Waals surface area contributed by atoms with Gasteiger partial charge in [-0.15, -0.1) is 10.2 Å². The second kappa shape index (κ2) is 10.1. The number of aromatic carboxylic acids is 1. The number of carboxylic acids is 1. The van der Waals surface area contributed by atoms with Crippen LogP contribution in [0.1, 0.15) is 40.9 Å². The van der Waals surface area contributed by atoms with Crippen LogP contribution in [0.3, 0.4) is 0 Å². The Balaban J connectivity index is 0.00000133. The third-order valence-corrected chi connectivity index (χ3v) is 5.48. The molecule has 0 unspecified atom stereocenters. The molecule has 0 aliphatic rings. The average Bonchev–Trinajstić information content (AvgIpc) is 3.49. The largest absolute Gasteiger partial charge is 0.478 e. The number of hydrogen-bond donors (Lipinski definition) is 1. The highest BCUT2D eigenvalue weighted by molar-refractivity contribution is 5.89. The highest BCUT2D eigenvalue weighted by atomic mass is 16.4. The molecule has 0 atom stereocenters. The third kappa shape index (κ3) is 4.71. The molecule has 0 saturated carbocycles. The van der Waals surface area contributed by atoms with Crippen LogP contribution in [-0.4, -0.2) is 40.8 Å². The molecule has 3 aromatic carbocycles. The molecule has 2 aromatic heterocycles. The zero-order valence-corrected chi connectivity index (χ0v) is 19.4. The lowest BCUT2D eigenvalue weighted by Crippen LogP contribution is -2.09. The number of carbonyl (C=O) groups is 1. The average molecular weight is 455 g/mol. The summed E-state index contributed by atoms with van der Waals surface area (Å²) in [6.07, 6.45) is 1.86. The maximum absolute atomic E-state index is 11.4. The Morgan fingerprint density at radius 1 is 0.941 bits per heavy atom. The van der Waals surface area contributed by atoms with Gasteiger partial charge >= 0.3 is 5.97 Å². The Morgan fingerprint density at radius 3 is 2.50 bits per heavy atom. The van der Waals surface area contributed by atoms with Crippen molar-refractivity contribution in [1.82, 2.24) is 29.8 Å². The Kier molecular flexibility index (Phi) is 6.77. The molecule has 0 fully saturated rings. The van der Waals surface area contributed by atoms with Crippen molar-refractivity contribution in [3.05, 3.63) is 95.3 Å². The van der Waals surface area contributed by atoms with Crippen molar-refractivity contribution in [2.24, 2.45) is 0 Å². The molecule has 1 N–H and O–H groups in total. The monoisotopic (exact) mass is 454 g/mol. The summed E-state index contributed by atoms with van der Waals surface area (Å²) in [6.45, 7) is 7.02. The van der Waals surface area contributed by atoms with Crippen LogP contribution in [-0.2, 0) is 13.1 Å². The molecular weight excluding hydrogens is 428 g/mol. The summed E-state index contributed by atoms with van der Waals surface area (Å²) in [5.41, 5.74) is 6.10. The number of carboxylic acid groups (broad SMARTS) is 1. The quantitative estimate of drug-likeness (QED) is 0.395. The van der Waals surface area contributed by atoms with Crippen molar-refractivity contribution < 1.29 is 9.90 Å². The minimum atomic E-state index is -0.974. The Hall–Kier alpha value is -4.33. The van der Waals surface area contributed by atoms with E-state index in [9.17, 15) is 9.90 Å². The Morgan fingerprint density at radius 2 is 1.71 bits per heavy atom. The van der Waals surface area contributed by atoms with Gasteiger partial charge in [0.1, 0.15) is 0 Å². The highest BCUT2D eigenvalue weighted by Crippen LogP contribution is 2.21. The van der Waals surface area contributed by atoms with Gasteiger partial charge in [0.25, 0.3) is 0 Å². The van der Waals surface area contributed by atoms with Crippen LogP contribution in [0.15, 0.2) is 73.1 Å². The van der Waals surface area contributed by atoms with Crippen LogP contribution < -0.4 is 0 Å². The molecule has 0 amide bonds. The zero-order valence-electron chi connectivity index (χ0n) is 19.4. The summed E-state index contributed by atoms with van der Waals surface area (Å²) < 4.78 is 2.13. The molecule has 5 rings (SSSR count). The van der Waals surface area contributed by atoms with E-state index >= 15 is 0 Å². The molecule has 8 heteroatoms. The van der Waals surface area contributed by atoms with Gasteiger partial charge in [-0.1, -0.05) is 56.3 Å². The zero-order chi connectivity index (χ0) is 24.1. The first kappa shape index (κ1) is 22.8. The number of aryl methyl sites for hydroxylation is 1. The van der Waals surface area contributed by atoms with Gasteiger partial charge in [0.2, 0.25) is 5.82 Å². The van der Waals surface area contributed by atoms with E-state index in [2.05, 4.69) is 44.0 Å². The third-order valence-electron chi connectivity index (χ3n) is 5.48. The van der Waals surface area contributed by atoms with Gasteiger partial charge in [-0.2, -0.15) is 4.80 Å². The molecule has 0 saturated heterocycles. The number of fused-ring (bicyclic) bond motifs is 1. The maximum Gasteiger partial charge on any atom is 0.336 e. The van der Waals surface area contributed by atoms with Crippen molar-refractivity contribution in [2.75, 3.05) is 0 Å². The summed E-state index contributed by atoms with van der Waals surface area (Å²) in [4.78, 5) is 17.3. The van der Waals surface area contributed by atoms with Crippen LogP contribution in [0.5, 0.6) is 0 Å². The van der Waals surface area contributed by atoms with E-state index in [0.29, 0.717) is 11.4 Å². The number of benzene rings is 3. The number of imidazole rings is 1. The number of nitrogens with zero attached hydrogens (tertiary/aromatic N) is 6. The Labute approximate surface area is 197 Å². The molecule has 0 bridgehead atoms. The van der Waals surface area contributed by atoms with E-state index in [0.717, 1.165) is 28.7 Å². The van der Waals surface area contributed by atoms with Crippen molar-refractivity contribution in [2.45, 2.75) is 33.9 Å². The van der Waals surface area contributed by atoms with Gasteiger partial charge in [-0.25, -0.2) is 9.78 Å². The van der Waals surface area contributed by atoms with Crippen LogP contribution >= 0.6 is 0 Å². The first-order valence-electron chi connectivity index (χ1n) is 11.2. The molecule has 2 heterocycles. The van der Waals surface area contributed by atoms with Crippen LogP contribution in [0.4, 0.5) is 0 Å². The molecule has 5 aromatic rings. The van der Waals surface area contributed by atoms with Crippen LogP contribution in [0.25, 0.3) is 22.4 Å². The summed E-state index contributed by atoms with van der Waals surface area (Å²) >= 11 is 0. The number of tetrazole rings is 1. The second-order valence-corrected chi connectivity index (χ2v) is 7.61. The van der Waals surface area contributed by atoms with Gasteiger partial charge in [-0.05, 0) is 53.1 Å². The predicted molar refractivity (Wildman–Crippen MR) is 131 cm³/mol. The summed E-state index contributed by atoms with van der Waals surface area (Å²) in [5.74, 6) is -0.474. The van der Waals surface area contributed by atoms with Crippen molar-refractivity contribution in [1.29, 1.82) is 0 Å². The molecule has 0 aliphatic heterocycles. The van der Waals surface area contributed by atoms with Crippen LogP contribution in [0, 0.1) is 6.92 Å². The second-order valence-electron chi connectivity index (χ2n) is 7.61. The number of aromatic nitrogens is 6. The van der Waals surface area contributed by atoms with E-state index in [1.54, 1.807) is 24.3 Å².